The molecule has 20 heavy (non-hydrogen) atoms. The van der Waals surface area contributed by atoms with Crippen LogP contribution < -0.4 is 9.64 Å². The maximum Gasteiger partial charge on any atom is 0.322 e. The minimum absolute atomic E-state index is 0.0267. The Labute approximate surface area is 122 Å². The first kappa shape index (κ1) is 14.5. The number of halogens is 1. The van der Waals surface area contributed by atoms with Crippen LogP contribution in [0, 0.1) is 0 Å². The van der Waals surface area contributed by atoms with Gasteiger partial charge in [-0.05, 0) is 25.4 Å². The van der Waals surface area contributed by atoms with E-state index in [1.54, 1.807) is 6.20 Å². The van der Waals surface area contributed by atoms with Crippen molar-refractivity contribution in [2.45, 2.75) is 26.5 Å². The summed E-state index contributed by atoms with van der Waals surface area (Å²) in [5.41, 5.74) is 0. The van der Waals surface area contributed by atoms with E-state index in [-0.39, 0.29) is 17.4 Å². The van der Waals surface area contributed by atoms with Gasteiger partial charge in [0.1, 0.15) is 5.82 Å². The molecule has 0 unspecified atom stereocenters. The fraction of sp³-hybridized carbons (Fsp3) is 0.500. The smallest absolute Gasteiger partial charge is 0.322 e. The number of aromatic nitrogens is 5. The van der Waals surface area contributed by atoms with E-state index in [1.165, 1.54) is 0 Å². The van der Waals surface area contributed by atoms with Gasteiger partial charge in [-0.2, -0.15) is 15.0 Å². The van der Waals surface area contributed by atoms with Crippen molar-refractivity contribution in [3.05, 3.63) is 23.5 Å². The van der Waals surface area contributed by atoms with Crippen molar-refractivity contribution in [2.75, 3.05) is 11.9 Å². The molecule has 0 aliphatic rings. The van der Waals surface area contributed by atoms with Crippen molar-refractivity contribution in [1.82, 2.24) is 24.5 Å². The summed E-state index contributed by atoms with van der Waals surface area (Å²) >= 11 is 5.90. The van der Waals surface area contributed by atoms with E-state index in [1.807, 2.05) is 43.6 Å². The summed E-state index contributed by atoms with van der Waals surface area (Å²) in [5, 5.41) is 0.109. The molecule has 0 amide bonds. The lowest BCUT2D eigenvalue weighted by Crippen LogP contribution is -2.22. The summed E-state index contributed by atoms with van der Waals surface area (Å²) in [6.45, 7) is 4.36. The fourth-order valence-corrected chi connectivity index (χ4v) is 1.74. The summed E-state index contributed by atoms with van der Waals surface area (Å²) in [5.74, 6) is 1.35. The van der Waals surface area contributed by atoms with Crippen LogP contribution in [-0.4, -0.2) is 37.7 Å². The molecular weight excluding hydrogens is 280 g/mol. The first-order chi connectivity index (χ1) is 9.45. The molecule has 0 saturated carbocycles. The number of rotatable bonds is 5. The lowest BCUT2D eigenvalue weighted by molar-refractivity contribution is 0.221. The van der Waals surface area contributed by atoms with E-state index in [4.69, 9.17) is 16.3 Å². The maximum absolute atomic E-state index is 5.90. The van der Waals surface area contributed by atoms with Crippen LogP contribution in [-0.2, 0) is 13.6 Å². The van der Waals surface area contributed by atoms with Gasteiger partial charge in [0, 0.05) is 26.5 Å². The Hall–Kier alpha value is -1.89. The molecule has 0 aromatic carbocycles. The number of ether oxygens (including phenoxy) is 1. The molecule has 0 aliphatic carbocycles. The number of aryl methyl sites for hydroxylation is 1. The van der Waals surface area contributed by atoms with E-state index in [0.29, 0.717) is 12.5 Å². The molecule has 0 atom stereocenters. The quantitative estimate of drug-likeness (QED) is 0.836. The normalized spacial score (nSPS) is 10.9. The maximum atomic E-state index is 5.90. The molecule has 0 saturated heterocycles. The highest BCUT2D eigenvalue weighted by molar-refractivity contribution is 6.28. The van der Waals surface area contributed by atoms with Crippen LogP contribution in [0.1, 0.15) is 19.7 Å². The third-order valence-electron chi connectivity index (χ3n) is 2.56. The number of hydrogen-bond acceptors (Lipinski definition) is 6. The van der Waals surface area contributed by atoms with Gasteiger partial charge in [0.25, 0.3) is 0 Å². The lowest BCUT2D eigenvalue weighted by atomic mass is 10.5. The largest absolute Gasteiger partial charge is 0.461 e. The van der Waals surface area contributed by atoms with E-state index in [0.717, 1.165) is 5.82 Å². The molecule has 2 aromatic heterocycles. The van der Waals surface area contributed by atoms with Crippen LogP contribution in [0.15, 0.2) is 12.4 Å². The second-order valence-corrected chi connectivity index (χ2v) is 5.00. The van der Waals surface area contributed by atoms with Gasteiger partial charge in [-0.1, -0.05) is 0 Å². The minimum Gasteiger partial charge on any atom is -0.461 e. The van der Waals surface area contributed by atoms with Gasteiger partial charge in [-0.3, -0.25) is 0 Å². The van der Waals surface area contributed by atoms with Gasteiger partial charge in [0.15, 0.2) is 0 Å². The Balaban J connectivity index is 2.18. The molecule has 0 radical (unpaired) electrons. The number of imidazole rings is 1. The zero-order valence-corrected chi connectivity index (χ0v) is 12.7. The molecule has 108 valence electrons. The summed E-state index contributed by atoms with van der Waals surface area (Å²) in [6.07, 6.45) is 3.61. The van der Waals surface area contributed by atoms with Gasteiger partial charge in [-0.25, -0.2) is 4.98 Å². The van der Waals surface area contributed by atoms with Crippen LogP contribution >= 0.6 is 11.6 Å². The summed E-state index contributed by atoms with van der Waals surface area (Å²) in [4.78, 5) is 18.4. The Kier molecular flexibility index (Phi) is 4.39. The minimum atomic E-state index is -0.0267. The molecule has 2 heterocycles. The number of anilines is 1. The topological polar surface area (TPSA) is 69.0 Å². The SMILES string of the molecule is CC(C)Oc1nc(Cl)nc(N(C)Cc2nccn2C)n1. The summed E-state index contributed by atoms with van der Waals surface area (Å²) in [7, 11) is 3.79. The molecule has 8 heteroatoms. The molecule has 0 aliphatic heterocycles. The number of nitrogens with zero attached hydrogens (tertiary/aromatic N) is 6. The zero-order valence-electron chi connectivity index (χ0n) is 11.9. The average Bonchev–Trinajstić information content (AvgIpc) is 2.73. The van der Waals surface area contributed by atoms with Crippen molar-refractivity contribution >= 4 is 17.5 Å². The first-order valence-electron chi connectivity index (χ1n) is 6.21. The predicted octanol–water partition coefficient (Wildman–Crippen LogP) is 1.68. The summed E-state index contributed by atoms with van der Waals surface area (Å²) < 4.78 is 7.39. The van der Waals surface area contributed by atoms with E-state index in [9.17, 15) is 0 Å². The van der Waals surface area contributed by atoms with Gasteiger partial charge in [0.2, 0.25) is 11.2 Å². The molecule has 0 fully saturated rings. The molecule has 2 rings (SSSR count). The van der Waals surface area contributed by atoms with Gasteiger partial charge >= 0.3 is 6.01 Å². The first-order valence-corrected chi connectivity index (χ1v) is 6.59. The highest BCUT2D eigenvalue weighted by Gasteiger charge is 2.13. The Morgan fingerprint density at radius 1 is 1.35 bits per heavy atom. The highest BCUT2D eigenvalue weighted by atomic mass is 35.5. The Bertz CT molecular complexity index is 585. The van der Waals surface area contributed by atoms with E-state index < -0.39 is 0 Å². The van der Waals surface area contributed by atoms with E-state index >= 15 is 0 Å². The van der Waals surface area contributed by atoms with Crippen LogP contribution in [0.25, 0.3) is 0 Å². The van der Waals surface area contributed by atoms with Gasteiger partial charge < -0.3 is 14.2 Å². The zero-order chi connectivity index (χ0) is 14.7. The van der Waals surface area contributed by atoms with Gasteiger partial charge in [0.05, 0.1) is 12.6 Å². The monoisotopic (exact) mass is 296 g/mol. The summed E-state index contributed by atoms with van der Waals surface area (Å²) in [6, 6.07) is 0.224. The van der Waals surface area contributed by atoms with Crippen molar-refractivity contribution in [2.24, 2.45) is 7.05 Å². The second kappa shape index (κ2) is 6.04. The Morgan fingerprint density at radius 2 is 2.10 bits per heavy atom. The molecule has 7 nitrogen and oxygen atoms in total. The average molecular weight is 297 g/mol. The van der Waals surface area contributed by atoms with Crippen molar-refractivity contribution in [1.29, 1.82) is 0 Å². The fourth-order valence-electron chi connectivity index (χ4n) is 1.59. The molecule has 0 spiro atoms. The highest BCUT2D eigenvalue weighted by Crippen LogP contribution is 2.16. The van der Waals surface area contributed by atoms with Crippen LogP contribution in [0.5, 0.6) is 6.01 Å². The predicted molar refractivity (Wildman–Crippen MR) is 75.9 cm³/mol. The Morgan fingerprint density at radius 3 is 2.70 bits per heavy atom. The molecule has 2 aromatic rings. The third kappa shape index (κ3) is 3.57. The van der Waals surface area contributed by atoms with Crippen LogP contribution in [0.4, 0.5) is 5.95 Å². The van der Waals surface area contributed by atoms with Crippen molar-refractivity contribution in [3.8, 4) is 6.01 Å². The third-order valence-corrected chi connectivity index (χ3v) is 2.73. The molecule has 0 bridgehead atoms. The molecular formula is C12H17ClN6O. The lowest BCUT2D eigenvalue weighted by Gasteiger charge is -2.17. The van der Waals surface area contributed by atoms with Crippen LogP contribution in [0.2, 0.25) is 5.28 Å². The van der Waals surface area contributed by atoms with Crippen molar-refractivity contribution < 1.29 is 4.74 Å². The van der Waals surface area contributed by atoms with Crippen LogP contribution in [0.3, 0.4) is 0 Å². The van der Waals surface area contributed by atoms with E-state index in [2.05, 4.69) is 19.9 Å². The standard InChI is InChI=1S/C12H17ClN6O/c1-8(2)20-12-16-10(13)15-11(17-12)19(4)7-9-14-5-6-18(9)3/h5-6,8H,7H2,1-4H3. The molecule has 0 N–H and O–H groups in total. The van der Waals surface area contributed by atoms with Gasteiger partial charge in [-0.15, -0.1) is 0 Å². The second-order valence-electron chi connectivity index (χ2n) is 4.66. The van der Waals surface area contributed by atoms with Crippen molar-refractivity contribution in [3.63, 3.8) is 0 Å². The number of hydrogen-bond donors (Lipinski definition) is 0.